The Morgan fingerprint density at radius 2 is 1.88 bits per heavy atom. The van der Waals surface area contributed by atoms with E-state index in [4.69, 9.17) is 4.74 Å². The predicted octanol–water partition coefficient (Wildman–Crippen LogP) is 3.17. The molecule has 1 aliphatic rings. The smallest absolute Gasteiger partial charge is 0.0596 e. The van der Waals surface area contributed by atoms with Crippen LogP contribution in [0, 0.1) is 11.8 Å². The van der Waals surface area contributed by atoms with Crippen LogP contribution < -0.4 is 0 Å². The molecule has 1 fully saturated rings. The third kappa shape index (κ3) is 4.42. The first-order valence-corrected chi connectivity index (χ1v) is 6.82. The van der Waals surface area contributed by atoms with Gasteiger partial charge in [-0.05, 0) is 52.0 Å². The lowest BCUT2D eigenvalue weighted by Gasteiger charge is -2.25. The number of likely N-dealkylation sites (N-methyl/N-ethyl adjacent to an activating group) is 1. The topological polar surface area (TPSA) is 12.5 Å². The van der Waals surface area contributed by atoms with Crippen molar-refractivity contribution in [2.75, 3.05) is 20.2 Å². The Kier molecular flexibility index (Phi) is 5.77. The Bertz CT molecular complexity index is 191. The monoisotopic (exact) mass is 227 g/mol. The molecule has 0 bridgehead atoms. The van der Waals surface area contributed by atoms with E-state index in [1.807, 2.05) is 0 Å². The third-order valence-corrected chi connectivity index (χ3v) is 3.91. The zero-order valence-electron chi connectivity index (χ0n) is 11.7. The molecule has 2 unspecified atom stereocenters. The summed E-state index contributed by atoms with van der Waals surface area (Å²) >= 11 is 0. The summed E-state index contributed by atoms with van der Waals surface area (Å²) in [4.78, 5) is 2.49. The second-order valence-electron chi connectivity index (χ2n) is 5.87. The molecule has 0 radical (unpaired) electrons. The molecule has 96 valence electrons. The maximum absolute atomic E-state index is 5.60. The summed E-state index contributed by atoms with van der Waals surface area (Å²) in [5.74, 6) is 1.80. The molecule has 0 aromatic heterocycles. The summed E-state index contributed by atoms with van der Waals surface area (Å²) in [6.07, 6.45) is 4.54. The van der Waals surface area contributed by atoms with Crippen molar-refractivity contribution in [1.82, 2.24) is 4.90 Å². The van der Waals surface area contributed by atoms with Crippen LogP contribution in [0.1, 0.15) is 47.0 Å². The Hall–Kier alpha value is -0.0800. The molecule has 1 aliphatic carbocycles. The van der Waals surface area contributed by atoms with E-state index in [-0.39, 0.29) is 0 Å². The van der Waals surface area contributed by atoms with Crippen LogP contribution in [-0.2, 0) is 4.74 Å². The van der Waals surface area contributed by atoms with Crippen LogP contribution in [0.2, 0.25) is 0 Å². The van der Waals surface area contributed by atoms with Gasteiger partial charge >= 0.3 is 0 Å². The van der Waals surface area contributed by atoms with Gasteiger partial charge in [0.25, 0.3) is 0 Å². The molecule has 2 atom stereocenters. The lowest BCUT2D eigenvalue weighted by molar-refractivity contribution is 0.0558. The first-order chi connectivity index (χ1) is 7.50. The summed E-state index contributed by atoms with van der Waals surface area (Å²) in [7, 11) is 2.25. The largest absolute Gasteiger partial charge is 0.377 e. The maximum atomic E-state index is 5.60. The van der Waals surface area contributed by atoms with Gasteiger partial charge in [0, 0.05) is 12.6 Å². The molecule has 0 spiro atoms. The van der Waals surface area contributed by atoms with Gasteiger partial charge in [0.1, 0.15) is 0 Å². The fourth-order valence-electron chi connectivity index (χ4n) is 2.61. The summed E-state index contributed by atoms with van der Waals surface area (Å²) in [5, 5.41) is 0. The molecule has 2 nitrogen and oxygen atoms in total. The van der Waals surface area contributed by atoms with Crippen molar-refractivity contribution < 1.29 is 4.74 Å². The highest BCUT2D eigenvalue weighted by Gasteiger charge is 2.28. The third-order valence-electron chi connectivity index (χ3n) is 3.91. The second kappa shape index (κ2) is 6.61. The molecule has 0 saturated heterocycles. The average Bonchev–Trinajstić information content (AvgIpc) is 2.65. The van der Waals surface area contributed by atoms with Gasteiger partial charge in [-0.25, -0.2) is 0 Å². The molecular weight excluding hydrogens is 198 g/mol. The average molecular weight is 227 g/mol. The van der Waals surface area contributed by atoms with Crippen molar-refractivity contribution in [2.45, 2.75) is 59.1 Å². The van der Waals surface area contributed by atoms with Crippen molar-refractivity contribution in [1.29, 1.82) is 0 Å². The van der Waals surface area contributed by atoms with Crippen LogP contribution in [0.4, 0.5) is 0 Å². The van der Waals surface area contributed by atoms with Gasteiger partial charge in [-0.2, -0.15) is 0 Å². The standard InChI is InChI=1S/C14H29NO/c1-11(2)13-6-7-14(10-13)15(5)8-9-16-12(3)4/h11-14H,6-10H2,1-5H3. The number of nitrogens with zero attached hydrogens (tertiary/aromatic N) is 1. The summed E-state index contributed by atoms with van der Waals surface area (Å²) in [6, 6.07) is 0.795. The van der Waals surface area contributed by atoms with Crippen LogP contribution in [0.25, 0.3) is 0 Å². The Labute approximate surface area is 101 Å². The molecule has 1 saturated carbocycles. The SMILES string of the molecule is CC(C)OCCN(C)C1CCC(C(C)C)C1. The molecule has 0 heterocycles. The van der Waals surface area contributed by atoms with E-state index < -0.39 is 0 Å². The van der Waals surface area contributed by atoms with Crippen LogP contribution in [-0.4, -0.2) is 37.2 Å². The zero-order valence-corrected chi connectivity index (χ0v) is 11.7. The molecule has 2 heteroatoms. The van der Waals surface area contributed by atoms with Gasteiger partial charge in [-0.15, -0.1) is 0 Å². The van der Waals surface area contributed by atoms with E-state index in [1.54, 1.807) is 0 Å². The van der Waals surface area contributed by atoms with E-state index in [2.05, 4.69) is 39.6 Å². The van der Waals surface area contributed by atoms with Crippen molar-refractivity contribution in [3.63, 3.8) is 0 Å². The minimum Gasteiger partial charge on any atom is -0.377 e. The highest BCUT2D eigenvalue weighted by Crippen LogP contribution is 2.33. The van der Waals surface area contributed by atoms with Crippen molar-refractivity contribution in [2.24, 2.45) is 11.8 Å². The highest BCUT2D eigenvalue weighted by molar-refractivity contribution is 4.82. The zero-order chi connectivity index (χ0) is 12.1. The Morgan fingerprint density at radius 1 is 1.19 bits per heavy atom. The second-order valence-corrected chi connectivity index (χ2v) is 5.87. The normalized spacial score (nSPS) is 26.2. The van der Waals surface area contributed by atoms with Gasteiger partial charge in [0.15, 0.2) is 0 Å². The van der Waals surface area contributed by atoms with Crippen molar-refractivity contribution in [3.8, 4) is 0 Å². The van der Waals surface area contributed by atoms with E-state index in [1.165, 1.54) is 19.3 Å². The van der Waals surface area contributed by atoms with E-state index in [0.29, 0.717) is 6.10 Å². The van der Waals surface area contributed by atoms with E-state index in [0.717, 1.165) is 31.0 Å². The molecule has 0 aromatic carbocycles. The molecular formula is C14H29NO. The van der Waals surface area contributed by atoms with Crippen molar-refractivity contribution in [3.05, 3.63) is 0 Å². The fraction of sp³-hybridized carbons (Fsp3) is 1.00. The van der Waals surface area contributed by atoms with Crippen molar-refractivity contribution >= 4 is 0 Å². The lowest BCUT2D eigenvalue weighted by Crippen LogP contribution is -2.33. The molecule has 0 aromatic rings. The number of ether oxygens (including phenoxy) is 1. The molecule has 16 heavy (non-hydrogen) atoms. The molecule has 1 rings (SSSR count). The Morgan fingerprint density at radius 3 is 2.38 bits per heavy atom. The van der Waals surface area contributed by atoms with Gasteiger partial charge < -0.3 is 9.64 Å². The number of hydrogen-bond donors (Lipinski definition) is 0. The summed E-state index contributed by atoms with van der Waals surface area (Å²) in [5.41, 5.74) is 0. The summed E-state index contributed by atoms with van der Waals surface area (Å²) < 4.78 is 5.60. The first-order valence-electron chi connectivity index (χ1n) is 6.82. The summed E-state index contributed by atoms with van der Waals surface area (Å²) in [6.45, 7) is 10.9. The number of rotatable bonds is 6. The molecule has 0 amide bonds. The van der Waals surface area contributed by atoms with E-state index >= 15 is 0 Å². The first kappa shape index (κ1) is 14.0. The minimum absolute atomic E-state index is 0.361. The predicted molar refractivity (Wildman–Crippen MR) is 69.7 cm³/mol. The minimum atomic E-state index is 0.361. The van der Waals surface area contributed by atoms with Gasteiger partial charge in [-0.1, -0.05) is 13.8 Å². The van der Waals surface area contributed by atoms with Crippen LogP contribution >= 0.6 is 0 Å². The molecule has 0 N–H and O–H groups in total. The lowest BCUT2D eigenvalue weighted by atomic mass is 9.94. The van der Waals surface area contributed by atoms with Crippen LogP contribution in [0.3, 0.4) is 0 Å². The maximum Gasteiger partial charge on any atom is 0.0596 e. The fourth-order valence-corrected chi connectivity index (χ4v) is 2.61. The highest BCUT2D eigenvalue weighted by atomic mass is 16.5. The van der Waals surface area contributed by atoms with Gasteiger partial charge in [0.05, 0.1) is 12.7 Å². The quantitative estimate of drug-likeness (QED) is 0.691. The van der Waals surface area contributed by atoms with Crippen LogP contribution in [0.15, 0.2) is 0 Å². The van der Waals surface area contributed by atoms with Crippen LogP contribution in [0.5, 0.6) is 0 Å². The Balaban J connectivity index is 2.20. The molecule has 0 aliphatic heterocycles. The number of hydrogen-bond acceptors (Lipinski definition) is 2. The van der Waals surface area contributed by atoms with E-state index in [9.17, 15) is 0 Å². The van der Waals surface area contributed by atoms with Gasteiger partial charge in [0.2, 0.25) is 0 Å². The van der Waals surface area contributed by atoms with Gasteiger partial charge in [-0.3, -0.25) is 0 Å².